The van der Waals surface area contributed by atoms with Crippen molar-refractivity contribution in [3.8, 4) is 22.2 Å². The number of thiophene rings is 1. The van der Waals surface area contributed by atoms with Crippen LogP contribution in [0.1, 0.15) is 30.0 Å². The second-order valence-electron chi connectivity index (χ2n) is 8.07. The highest BCUT2D eigenvalue weighted by atomic mass is 32.1. The first-order valence-corrected chi connectivity index (χ1v) is 12.0. The number of aryl methyl sites for hydroxylation is 1. The number of benzene rings is 2. The van der Waals surface area contributed by atoms with Crippen molar-refractivity contribution in [1.82, 2.24) is 15.5 Å². The lowest BCUT2D eigenvalue weighted by Gasteiger charge is -2.37. The Bertz CT molecular complexity index is 1410. The van der Waals surface area contributed by atoms with Crippen LogP contribution in [-0.4, -0.2) is 22.0 Å². The van der Waals surface area contributed by atoms with E-state index in [0.29, 0.717) is 22.6 Å². The monoisotopic (exact) mass is 488 g/mol. The van der Waals surface area contributed by atoms with Gasteiger partial charge >= 0.3 is 0 Å². The molecule has 0 saturated heterocycles. The maximum absolute atomic E-state index is 5.83. The number of rotatable bonds is 4. The molecule has 6 rings (SSSR count). The lowest BCUT2D eigenvalue weighted by atomic mass is 9.94. The molecule has 1 N–H and O–H groups in total. The SMILES string of the molecule is CC1=C(c2nc(-c3cccs3)no2)C(c2ccc(C)cc2)NC(=S)N1c1ccc2c(c1)OCO2. The maximum atomic E-state index is 5.83. The fraction of sp³-hybridized carbons (Fsp3) is 0.160. The van der Waals surface area contributed by atoms with Crippen LogP contribution in [0.5, 0.6) is 11.5 Å². The van der Waals surface area contributed by atoms with Crippen LogP contribution in [0.3, 0.4) is 0 Å². The van der Waals surface area contributed by atoms with E-state index in [1.54, 1.807) is 11.3 Å². The zero-order chi connectivity index (χ0) is 23.2. The summed E-state index contributed by atoms with van der Waals surface area (Å²) in [5.41, 5.74) is 4.87. The van der Waals surface area contributed by atoms with Crippen molar-refractivity contribution >= 4 is 39.9 Å². The molecule has 2 aromatic carbocycles. The smallest absolute Gasteiger partial charge is 0.258 e. The molecule has 1 atom stereocenters. The van der Waals surface area contributed by atoms with Gasteiger partial charge in [-0.1, -0.05) is 41.1 Å². The molecule has 9 heteroatoms. The molecule has 2 aromatic heterocycles. The van der Waals surface area contributed by atoms with Gasteiger partial charge in [0.2, 0.25) is 12.6 Å². The number of ether oxygens (including phenoxy) is 2. The van der Waals surface area contributed by atoms with Crippen molar-refractivity contribution < 1.29 is 14.0 Å². The van der Waals surface area contributed by atoms with Gasteiger partial charge in [-0.3, -0.25) is 4.90 Å². The van der Waals surface area contributed by atoms with Crippen LogP contribution >= 0.6 is 23.6 Å². The molecule has 0 radical (unpaired) electrons. The summed E-state index contributed by atoms with van der Waals surface area (Å²) in [5, 5.41) is 10.3. The van der Waals surface area contributed by atoms with E-state index in [1.165, 1.54) is 5.56 Å². The van der Waals surface area contributed by atoms with Gasteiger partial charge < -0.3 is 19.3 Å². The summed E-state index contributed by atoms with van der Waals surface area (Å²) in [6, 6.07) is 17.8. The molecule has 4 heterocycles. The van der Waals surface area contributed by atoms with Gasteiger partial charge in [0.05, 0.1) is 22.2 Å². The molecule has 0 aliphatic carbocycles. The zero-order valence-corrected chi connectivity index (χ0v) is 20.1. The number of anilines is 1. The molecular weight excluding hydrogens is 468 g/mol. The van der Waals surface area contributed by atoms with Crippen molar-refractivity contribution in [3.05, 3.63) is 82.7 Å². The standard InChI is InChI=1S/C25H20N4O3S2/c1-14-5-7-16(8-6-14)22-21(24-27-23(28-32-24)20-4-3-11-34-20)15(2)29(25(33)26-22)17-9-10-18-19(12-17)31-13-30-18/h3-12,22H,13H2,1-2H3,(H,26,33). The largest absolute Gasteiger partial charge is 0.454 e. The Morgan fingerprint density at radius 1 is 1.06 bits per heavy atom. The third-order valence-electron chi connectivity index (χ3n) is 5.91. The molecule has 2 aliphatic heterocycles. The maximum Gasteiger partial charge on any atom is 0.258 e. The van der Waals surface area contributed by atoms with E-state index in [0.717, 1.165) is 33.1 Å². The molecule has 0 bridgehead atoms. The van der Waals surface area contributed by atoms with E-state index >= 15 is 0 Å². The molecule has 4 aromatic rings. The van der Waals surface area contributed by atoms with Gasteiger partial charge in [-0.25, -0.2) is 0 Å². The Morgan fingerprint density at radius 2 is 1.88 bits per heavy atom. The average molecular weight is 489 g/mol. The van der Waals surface area contributed by atoms with E-state index in [9.17, 15) is 0 Å². The van der Waals surface area contributed by atoms with Crippen LogP contribution in [-0.2, 0) is 0 Å². The van der Waals surface area contributed by atoms with Gasteiger partial charge in [0, 0.05) is 11.8 Å². The van der Waals surface area contributed by atoms with E-state index in [-0.39, 0.29) is 12.8 Å². The third kappa shape index (κ3) is 3.53. The van der Waals surface area contributed by atoms with Gasteiger partial charge in [-0.2, -0.15) is 4.98 Å². The Morgan fingerprint density at radius 3 is 2.68 bits per heavy atom. The number of nitrogens with zero attached hydrogens (tertiary/aromatic N) is 3. The van der Waals surface area contributed by atoms with E-state index in [4.69, 9.17) is 31.2 Å². The highest BCUT2D eigenvalue weighted by molar-refractivity contribution is 7.80. The minimum absolute atomic E-state index is 0.213. The van der Waals surface area contributed by atoms with Gasteiger partial charge in [-0.05, 0) is 55.2 Å². The van der Waals surface area contributed by atoms with E-state index in [1.807, 2.05) is 47.5 Å². The Kier molecular flexibility index (Phi) is 5.08. The first kappa shape index (κ1) is 20.9. The van der Waals surface area contributed by atoms with Gasteiger partial charge in [-0.15, -0.1) is 11.3 Å². The van der Waals surface area contributed by atoms with Crippen LogP contribution in [0, 0.1) is 6.92 Å². The predicted octanol–water partition coefficient (Wildman–Crippen LogP) is 5.70. The molecule has 0 spiro atoms. The van der Waals surface area contributed by atoms with Crippen molar-refractivity contribution in [3.63, 3.8) is 0 Å². The number of nitrogens with one attached hydrogen (secondary N) is 1. The first-order chi connectivity index (χ1) is 16.6. The summed E-state index contributed by atoms with van der Waals surface area (Å²) in [4.78, 5) is 7.67. The molecule has 1 unspecified atom stereocenters. The van der Waals surface area contributed by atoms with Crippen molar-refractivity contribution in [2.45, 2.75) is 19.9 Å². The summed E-state index contributed by atoms with van der Waals surface area (Å²) >= 11 is 7.40. The lowest BCUT2D eigenvalue weighted by molar-refractivity contribution is 0.174. The Balaban J connectivity index is 1.49. The second-order valence-corrected chi connectivity index (χ2v) is 9.40. The zero-order valence-electron chi connectivity index (χ0n) is 18.4. The van der Waals surface area contributed by atoms with E-state index < -0.39 is 0 Å². The highest BCUT2D eigenvalue weighted by Crippen LogP contribution is 2.42. The number of thiocarbonyl (C=S) groups is 1. The topological polar surface area (TPSA) is 72.7 Å². The van der Waals surface area contributed by atoms with E-state index in [2.05, 4.69) is 41.7 Å². The highest BCUT2D eigenvalue weighted by Gasteiger charge is 2.35. The number of aromatic nitrogens is 2. The lowest BCUT2D eigenvalue weighted by Crippen LogP contribution is -2.46. The molecule has 7 nitrogen and oxygen atoms in total. The summed E-state index contributed by atoms with van der Waals surface area (Å²) in [5.74, 6) is 2.42. The second kappa shape index (κ2) is 8.27. The van der Waals surface area contributed by atoms with Gasteiger partial charge in [0.1, 0.15) is 0 Å². The summed E-state index contributed by atoms with van der Waals surface area (Å²) in [6.07, 6.45) is 0. The number of hydrogen-bond donors (Lipinski definition) is 1. The molecule has 0 fully saturated rings. The first-order valence-electron chi connectivity index (χ1n) is 10.7. The molecular formula is C25H20N4O3S2. The average Bonchev–Trinajstić information content (AvgIpc) is 3.60. The van der Waals surface area contributed by atoms with Crippen molar-refractivity contribution in [2.24, 2.45) is 0 Å². The van der Waals surface area contributed by atoms with Crippen LogP contribution in [0.25, 0.3) is 16.3 Å². The molecule has 0 amide bonds. The van der Waals surface area contributed by atoms with Gasteiger partial charge in [0.25, 0.3) is 5.89 Å². The molecule has 170 valence electrons. The number of allylic oxidation sites excluding steroid dienone is 1. The third-order valence-corrected chi connectivity index (χ3v) is 7.07. The van der Waals surface area contributed by atoms with Crippen LogP contribution < -0.4 is 19.7 Å². The van der Waals surface area contributed by atoms with Gasteiger partial charge in [0.15, 0.2) is 16.6 Å². The molecule has 34 heavy (non-hydrogen) atoms. The fourth-order valence-corrected chi connectivity index (χ4v) is 5.21. The summed E-state index contributed by atoms with van der Waals surface area (Å²) in [6.45, 7) is 4.30. The normalized spacial score (nSPS) is 17.3. The molecule has 0 saturated carbocycles. The molecule has 2 aliphatic rings. The van der Waals surface area contributed by atoms with Crippen molar-refractivity contribution in [1.29, 1.82) is 0 Å². The number of hydrogen-bond acceptors (Lipinski definition) is 7. The van der Waals surface area contributed by atoms with Crippen LogP contribution in [0.2, 0.25) is 0 Å². The van der Waals surface area contributed by atoms with Crippen LogP contribution in [0.4, 0.5) is 5.69 Å². The van der Waals surface area contributed by atoms with Crippen molar-refractivity contribution in [2.75, 3.05) is 11.7 Å². The predicted molar refractivity (Wildman–Crippen MR) is 135 cm³/mol. The number of fused-ring (bicyclic) bond motifs is 1. The summed E-state index contributed by atoms with van der Waals surface area (Å²) < 4.78 is 16.9. The minimum atomic E-state index is -0.241. The summed E-state index contributed by atoms with van der Waals surface area (Å²) in [7, 11) is 0. The Hall–Kier alpha value is -3.69. The Labute approximate surface area is 205 Å². The van der Waals surface area contributed by atoms with Crippen LogP contribution in [0.15, 0.2) is 70.2 Å². The minimum Gasteiger partial charge on any atom is -0.454 e. The quantitative estimate of drug-likeness (QED) is 0.367. The fourth-order valence-electron chi connectivity index (χ4n) is 4.20.